The van der Waals surface area contributed by atoms with Crippen LogP contribution in [-0.4, -0.2) is 103 Å². The Balaban J connectivity index is 0.838. The van der Waals surface area contributed by atoms with Crippen LogP contribution in [0.1, 0.15) is 27.7 Å². The summed E-state index contributed by atoms with van der Waals surface area (Å²) in [5, 5.41) is 0. The number of rotatable bonds is 25. The van der Waals surface area contributed by atoms with Gasteiger partial charge >= 0.3 is 0 Å². The van der Waals surface area contributed by atoms with Gasteiger partial charge in [0, 0.05) is 0 Å². The second-order valence-corrected chi connectivity index (χ2v) is 13.9. The summed E-state index contributed by atoms with van der Waals surface area (Å²) in [7, 11) is 0. The van der Waals surface area contributed by atoms with Crippen molar-refractivity contribution in [3.05, 3.63) is 97.1 Å². The van der Waals surface area contributed by atoms with Gasteiger partial charge in [0.15, 0.2) is 0 Å². The number of epoxide rings is 2. The van der Waals surface area contributed by atoms with Crippen molar-refractivity contribution in [1.29, 1.82) is 0 Å². The van der Waals surface area contributed by atoms with Gasteiger partial charge in [0.2, 0.25) is 0 Å². The molecule has 10 nitrogen and oxygen atoms in total. The first-order chi connectivity index (χ1) is 26.4. The Morgan fingerprint density at radius 1 is 0.407 bits per heavy atom. The molecule has 0 amide bonds. The summed E-state index contributed by atoms with van der Waals surface area (Å²) in [6, 6.07) is 32.3. The number of hydrogen-bond acceptors (Lipinski definition) is 10. The van der Waals surface area contributed by atoms with Crippen LogP contribution in [0.25, 0.3) is 22.3 Å². The van der Waals surface area contributed by atoms with Crippen LogP contribution in [0.15, 0.2) is 97.1 Å². The van der Waals surface area contributed by atoms with E-state index in [1.165, 1.54) is 0 Å². The molecule has 2 saturated heterocycles. The lowest BCUT2D eigenvalue weighted by molar-refractivity contribution is -0.0451. The Morgan fingerprint density at radius 3 is 0.981 bits per heavy atom. The van der Waals surface area contributed by atoms with Crippen molar-refractivity contribution < 1.29 is 47.4 Å². The average Bonchev–Trinajstić information content (AvgIpc) is 4.15. The molecule has 290 valence electrons. The fourth-order valence-corrected chi connectivity index (χ4v) is 5.38. The monoisotopic (exact) mass is 742 g/mol. The standard InChI is InChI=1S/C44H54O10/c1-31(49-27-43-29-53-43)23-47-33(3)25-51-41-17-9-37(10-18-41)35-5-13-39(14-6-35)45-21-22-46-40-15-7-36(8-16-40)38-11-19-42(20-12-38)52-26-34(4)48-24-32(2)50-28-44-30-54-44/h5-20,31-34,43-44H,21-30H2,1-4H3. The van der Waals surface area contributed by atoms with Crippen LogP contribution in [0.5, 0.6) is 23.0 Å². The van der Waals surface area contributed by atoms with E-state index in [1.54, 1.807) is 0 Å². The smallest absolute Gasteiger partial charge is 0.122 e. The molecule has 2 aliphatic rings. The summed E-state index contributed by atoms with van der Waals surface area (Å²) in [6.07, 6.45) is 0.488. The largest absolute Gasteiger partial charge is 0.491 e. The van der Waals surface area contributed by atoms with E-state index in [2.05, 4.69) is 48.5 Å². The van der Waals surface area contributed by atoms with Gasteiger partial charge in [-0.15, -0.1) is 0 Å². The summed E-state index contributed by atoms with van der Waals surface area (Å²) >= 11 is 0. The summed E-state index contributed by atoms with van der Waals surface area (Å²) in [6.45, 7) is 13.7. The third kappa shape index (κ3) is 13.9. The molecule has 0 aromatic heterocycles. The zero-order chi connectivity index (χ0) is 37.5. The molecule has 0 saturated carbocycles. The molecule has 0 spiro atoms. The second kappa shape index (κ2) is 20.5. The lowest BCUT2D eigenvalue weighted by Crippen LogP contribution is -2.25. The first-order valence-electron chi connectivity index (χ1n) is 19.0. The van der Waals surface area contributed by atoms with Crippen LogP contribution in [-0.2, 0) is 28.4 Å². The Kier molecular flexibility index (Phi) is 15.0. The minimum atomic E-state index is -0.0444. The Labute approximate surface area is 319 Å². The van der Waals surface area contributed by atoms with Gasteiger partial charge in [-0.3, -0.25) is 0 Å². The second-order valence-electron chi connectivity index (χ2n) is 13.9. The van der Waals surface area contributed by atoms with E-state index in [0.717, 1.165) is 58.5 Å². The Morgan fingerprint density at radius 2 is 0.685 bits per heavy atom. The van der Waals surface area contributed by atoms with Gasteiger partial charge in [-0.25, -0.2) is 0 Å². The molecule has 2 heterocycles. The number of ether oxygens (including phenoxy) is 10. The van der Waals surface area contributed by atoms with E-state index in [0.29, 0.717) is 52.9 Å². The van der Waals surface area contributed by atoms with Gasteiger partial charge in [0.05, 0.1) is 64.1 Å². The SMILES string of the molecule is CC(COc1ccc(-c2ccc(OCCOc3ccc(-c4ccc(OCC(C)OCC(C)OCC5CO5)cc4)cc3)cc2)cc1)OCC(C)OCC1CO1. The number of benzene rings is 4. The predicted molar refractivity (Wildman–Crippen MR) is 207 cm³/mol. The van der Waals surface area contributed by atoms with Crippen LogP contribution in [0, 0.1) is 0 Å². The topological polar surface area (TPSA) is 98.9 Å². The number of hydrogen-bond donors (Lipinski definition) is 0. The molecule has 0 N–H and O–H groups in total. The molecule has 4 aromatic rings. The fraction of sp³-hybridized carbons (Fsp3) is 0.455. The van der Waals surface area contributed by atoms with Crippen LogP contribution >= 0.6 is 0 Å². The highest BCUT2D eigenvalue weighted by Crippen LogP contribution is 2.27. The molecule has 6 unspecified atom stereocenters. The van der Waals surface area contributed by atoms with Crippen molar-refractivity contribution in [2.45, 2.75) is 64.3 Å². The lowest BCUT2D eigenvalue weighted by atomic mass is 10.1. The molecule has 10 heteroatoms. The average molecular weight is 743 g/mol. The van der Waals surface area contributed by atoms with Crippen molar-refractivity contribution in [1.82, 2.24) is 0 Å². The maximum Gasteiger partial charge on any atom is 0.122 e. The predicted octanol–water partition coefficient (Wildman–Crippen LogP) is 7.65. The summed E-state index contributed by atoms with van der Waals surface area (Å²) in [5.74, 6) is 3.19. The minimum Gasteiger partial charge on any atom is -0.491 e. The summed E-state index contributed by atoms with van der Waals surface area (Å²) in [4.78, 5) is 0. The van der Waals surface area contributed by atoms with Gasteiger partial charge in [-0.05, 0) is 98.5 Å². The third-order valence-electron chi connectivity index (χ3n) is 8.84. The highest BCUT2D eigenvalue weighted by Gasteiger charge is 2.24. The van der Waals surface area contributed by atoms with E-state index < -0.39 is 0 Å². The van der Waals surface area contributed by atoms with Gasteiger partial charge in [-0.1, -0.05) is 48.5 Å². The maximum atomic E-state index is 5.94. The molecular weight excluding hydrogens is 688 g/mol. The van der Waals surface area contributed by atoms with Gasteiger partial charge < -0.3 is 47.4 Å². The van der Waals surface area contributed by atoms with Crippen molar-refractivity contribution in [2.24, 2.45) is 0 Å². The normalized spacial score (nSPS) is 18.3. The van der Waals surface area contributed by atoms with E-state index >= 15 is 0 Å². The van der Waals surface area contributed by atoms with Crippen molar-refractivity contribution in [3.8, 4) is 45.3 Å². The Bertz CT molecular complexity index is 1510. The Hall–Kier alpha value is -4.16. The van der Waals surface area contributed by atoms with Gasteiger partial charge in [-0.2, -0.15) is 0 Å². The molecule has 2 fully saturated rings. The zero-order valence-corrected chi connectivity index (χ0v) is 31.9. The minimum absolute atomic E-state index is 0.0261. The summed E-state index contributed by atoms with van der Waals surface area (Å²) < 4.78 is 57.3. The van der Waals surface area contributed by atoms with E-state index in [-0.39, 0.29) is 36.6 Å². The third-order valence-corrected chi connectivity index (χ3v) is 8.84. The summed E-state index contributed by atoms with van der Waals surface area (Å²) in [5.41, 5.74) is 4.40. The van der Waals surface area contributed by atoms with E-state index in [1.807, 2.05) is 76.2 Å². The molecular formula is C44H54O10. The van der Waals surface area contributed by atoms with E-state index in [4.69, 9.17) is 47.4 Å². The van der Waals surface area contributed by atoms with Crippen molar-refractivity contribution in [2.75, 3.05) is 66.1 Å². The fourth-order valence-electron chi connectivity index (χ4n) is 5.38. The molecule has 54 heavy (non-hydrogen) atoms. The van der Waals surface area contributed by atoms with Crippen LogP contribution in [0.4, 0.5) is 0 Å². The van der Waals surface area contributed by atoms with Crippen molar-refractivity contribution in [3.63, 3.8) is 0 Å². The van der Waals surface area contributed by atoms with Crippen LogP contribution in [0.3, 0.4) is 0 Å². The molecule has 6 atom stereocenters. The van der Waals surface area contributed by atoms with Crippen molar-refractivity contribution >= 4 is 0 Å². The first-order valence-corrected chi connectivity index (χ1v) is 19.0. The molecule has 0 aliphatic carbocycles. The molecule has 4 aromatic carbocycles. The lowest BCUT2D eigenvalue weighted by Gasteiger charge is -2.18. The maximum absolute atomic E-state index is 5.94. The zero-order valence-electron chi connectivity index (χ0n) is 31.9. The van der Waals surface area contributed by atoms with Crippen LogP contribution < -0.4 is 18.9 Å². The quantitative estimate of drug-likeness (QED) is 0.0498. The van der Waals surface area contributed by atoms with Gasteiger partial charge in [0.25, 0.3) is 0 Å². The highest BCUT2D eigenvalue weighted by molar-refractivity contribution is 5.65. The first kappa shape index (κ1) is 39.5. The highest BCUT2D eigenvalue weighted by atomic mass is 16.6. The van der Waals surface area contributed by atoms with E-state index in [9.17, 15) is 0 Å². The van der Waals surface area contributed by atoms with Crippen LogP contribution in [0.2, 0.25) is 0 Å². The molecule has 6 rings (SSSR count). The van der Waals surface area contributed by atoms with Gasteiger partial charge in [0.1, 0.15) is 61.6 Å². The molecule has 2 aliphatic heterocycles. The molecule has 0 radical (unpaired) electrons. The molecule has 0 bridgehead atoms.